The van der Waals surface area contributed by atoms with Gasteiger partial charge < -0.3 is 10.4 Å². The molecule has 0 fully saturated rings. The van der Waals surface area contributed by atoms with Gasteiger partial charge in [-0.3, -0.25) is 4.79 Å². The molecule has 1 rings (SSSR count). The molecule has 0 spiro atoms. The molecule has 0 saturated heterocycles. The Morgan fingerprint density at radius 3 is 2.65 bits per heavy atom. The molecule has 0 aliphatic rings. The maximum absolute atomic E-state index is 12.0. The summed E-state index contributed by atoms with van der Waals surface area (Å²) in [4.78, 5) is 23.0. The molecule has 1 aromatic heterocycles. The van der Waals surface area contributed by atoms with E-state index in [1.54, 1.807) is 13.8 Å². The van der Waals surface area contributed by atoms with Gasteiger partial charge in [-0.25, -0.2) is 4.79 Å². The van der Waals surface area contributed by atoms with E-state index in [4.69, 9.17) is 5.11 Å². The second-order valence-electron chi connectivity index (χ2n) is 4.26. The molecule has 1 heterocycles. The van der Waals surface area contributed by atoms with Gasteiger partial charge in [0.25, 0.3) is 0 Å². The van der Waals surface area contributed by atoms with Crippen molar-refractivity contribution in [2.24, 2.45) is 0 Å². The first-order valence-corrected chi connectivity index (χ1v) is 6.42. The predicted octanol–water partition coefficient (Wildman–Crippen LogP) is 2.22. The lowest BCUT2D eigenvalue weighted by molar-refractivity contribution is -0.147. The van der Waals surface area contributed by atoms with Gasteiger partial charge in [-0.1, -0.05) is 6.92 Å². The molecule has 0 bridgehead atoms. The number of thiophene rings is 1. The third kappa shape index (κ3) is 3.06. The summed E-state index contributed by atoms with van der Waals surface area (Å²) in [5.41, 5.74) is -0.280. The Hall–Kier alpha value is -1.36. The Labute approximate surface area is 105 Å². The smallest absolute Gasteiger partial charge is 0.329 e. The number of carboxylic acids is 1. The van der Waals surface area contributed by atoms with Crippen molar-refractivity contribution in [3.63, 3.8) is 0 Å². The lowest BCUT2D eigenvalue weighted by Crippen LogP contribution is -2.52. The van der Waals surface area contributed by atoms with Crippen LogP contribution in [0.1, 0.15) is 38.7 Å². The topological polar surface area (TPSA) is 66.4 Å². The monoisotopic (exact) mass is 255 g/mol. The van der Waals surface area contributed by atoms with Crippen LogP contribution in [0.15, 0.2) is 16.8 Å². The van der Waals surface area contributed by atoms with Crippen LogP contribution < -0.4 is 5.32 Å². The van der Waals surface area contributed by atoms with Crippen molar-refractivity contribution >= 4 is 23.2 Å². The molecule has 2 N–H and O–H groups in total. The fourth-order valence-electron chi connectivity index (χ4n) is 1.35. The fourth-order valence-corrected chi connectivity index (χ4v) is 2.10. The third-order valence-corrected chi connectivity index (χ3v) is 3.72. The summed E-state index contributed by atoms with van der Waals surface area (Å²) < 4.78 is 0. The largest absolute Gasteiger partial charge is 0.480 e. The zero-order valence-corrected chi connectivity index (χ0v) is 11.0. The van der Waals surface area contributed by atoms with Gasteiger partial charge >= 0.3 is 5.97 Å². The van der Waals surface area contributed by atoms with Gasteiger partial charge in [0.15, 0.2) is 0 Å². The van der Waals surface area contributed by atoms with Gasteiger partial charge in [-0.15, -0.1) is 0 Å². The maximum atomic E-state index is 12.0. The van der Waals surface area contributed by atoms with Crippen LogP contribution in [0.2, 0.25) is 0 Å². The Bertz CT molecular complexity index is 402. The zero-order valence-electron chi connectivity index (χ0n) is 10.2. The molecule has 5 heteroatoms. The molecule has 0 aromatic carbocycles. The van der Waals surface area contributed by atoms with Crippen LogP contribution in [-0.4, -0.2) is 22.5 Å². The molecule has 0 aliphatic carbocycles. The summed E-state index contributed by atoms with van der Waals surface area (Å²) in [5, 5.41) is 15.5. The second kappa shape index (κ2) is 5.31. The van der Waals surface area contributed by atoms with Gasteiger partial charge in [0.05, 0.1) is 5.92 Å². The van der Waals surface area contributed by atoms with E-state index in [2.05, 4.69) is 5.32 Å². The van der Waals surface area contributed by atoms with Gasteiger partial charge in [0, 0.05) is 0 Å². The number of nitrogens with one attached hydrogen (secondary N) is 1. The van der Waals surface area contributed by atoms with Crippen molar-refractivity contribution < 1.29 is 14.7 Å². The van der Waals surface area contributed by atoms with Gasteiger partial charge in [0.1, 0.15) is 5.54 Å². The summed E-state index contributed by atoms with van der Waals surface area (Å²) in [6.07, 6.45) is 0.352. The van der Waals surface area contributed by atoms with Gasteiger partial charge in [-0.2, -0.15) is 11.3 Å². The first-order chi connectivity index (χ1) is 7.90. The molecule has 1 aromatic rings. The van der Waals surface area contributed by atoms with E-state index >= 15 is 0 Å². The normalized spacial score (nSPS) is 15.9. The Kier molecular flexibility index (Phi) is 4.28. The van der Waals surface area contributed by atoms with Crippen molar-refractivity contribution in [3.05, 3.63) is 22.4 Å². The summed E-state index contributed by atoms with van der Waals surface area (Å²) in [6, 6.07) is 1.87. The Morgan fingerprint density at radius 1 is 1.59 bits per heavy atom. The number of carbonyl (C=O) groups excluding carboxylic acids is 1. The Balaban J connectivity index is 2.75. The van der Waals surface area contributed by atoms with Gasteiger partial charge in [-0.05, 0) is 42.7 Å². The van der Waals surface area contributed by atoms with E-state index in [9.17, 15) is 9.59 Å². The highest BCUT2D eigenvalue weighted by Crippen LogP contribution is 2.20. The molecule has 0 saturated carbocycles. The summed E-state index contributed by atoms with van der Waals surface area (Å²) in [6.45, 7) is 5.03. The van der Waals surface area contributed by atoms with Crippen LogP contribution in [0.4, 0.5) is 0 Å². The molecule has 2 unspecified atom stereocenters. The van der Waals surface area contributed by atoms with Crippen molar-refractivity contribution in [3.8, 4) is 0 Å². The standard InChI is InChI=1S/C12H17NO3S/c1-4-12(3,11(15)16)13-10(14)8(2)9-5-6-17-7-9/h5-8H,4H2,1-3H3,(H,13,14)(H,15,16). The number of hydrogen-bond acceptors (Lipinski definition) is 3. The van der Waals surface area contributed by atoms with E-state index in [-0.39, 0.29) is 11.8 Å². The molecule has 17 heavy (non-hydrogen) atoms. The van der Waals surface area contributed by atoms with Crippen LogP contribution in [0.3, 0.4) is 0 Å². The number of carbonyl (C=O) groups is 2. The molecular weight excluding hydrogens is 238 g/mol. The molecule has 1 amide bonds. The molecule has 4 nitrogen and oxygen atoms in total. The van der Waals surface area contributed by atoms with E-state index < -0.39 is 11.5 Å². The minimum Gasteiger partial charge on any atom is -0.480 e. The molecule has 0 aliphatic heterocycles. The summed E-state index contributed by atoms with van der Waals surface area (Å²) in [5.74, 6) is -1.59. The van der Waals surface area contributed by atoms with Crippen LogP contribution in [0.25, 0.3) is 0 Å². The summed E-state index contributed by atoms with van der Waals surface area (Å²) in [7, 11) is 0. The highest BCUT2D eigenvalue weighted by atomic mass is 32.1. The molecule has 94 valence electrons. The van der Waals surface area contributed by atoms with E-state index in [0.29, 0.717) is 6.42 Å². The maximum Gasteiger partial charge on any atom is 0.329 e. The van der Waals surface area contributed by atoms with E-state index in [0.717, 1.165) is 5.56 Å². The van der Waals surface area contributed by atoms with Crippen LogP contribution in [0.5, 0.6) is 0 Å². The lowest BCUT2D eigenvalue weighted by atomic mass is 9.96. The number of aliphatic carboxylic acids is 1. The summed E-state index contributed by atoms with van der Waals surface area (Å²) >= 11 is 1.52. The predicted molar refractivity (Wildman–Crippen MR) is 67.2 cm³/mol. The third-order valence-electron chi connectivity index (χ3n) is 3.01. The SMILES string of the molecule is CCC(C)(NC(=O)C(C)c1ccsc1)C(=O)O. The first-order valence-electron chi connectivity index (χ1n) is 5.48. The van der Waals surface area contributed by atoms with Crippen LogP contribution >= 0.6 is 11.3 Å². The zero-order chi connectivity index (χ0) is 13.1. The highest BCUT2D eigenvalue weighted by Gasteiger charge is 2.34. The van der Waals surface area contributed by atoms with Crippen molar-refractivity contribution in [1.29, 1.82) is 0 Å². The molecular formula is C12H17NO3S. The molecule has 0 radical (unpaired) electrons. The first kappa shape index (κ1) is 13.7. The number of hydrogen-bond donors (Lipinski definition) is 2. The van der Waals surface area contributed by atoms with Crippen LogP contribution in [-0.2, 0) is 9.59 Å². The minimum atomic E-state index is -1.19. The average molecular weight is 255 g/mol. The second-order valence-corrected chi connectivity index (χ2v) is 5.04. The molecule has 2 atom stereocenters. The highest BCUT2D eigenvalue weighted by molar-refractivity contribution is 7.08. The average Bonchev–Trinajstić information content (AvgIpc) is 2.80. The van der Waals surface area contributed by atoms with Crippen molar-refractivity contribution in [1.82, 2.24) is 5.32 Å². The van der Waals surface area contributed by atoms with Crippen molar-refractivity contribution in [2.45, 2.75) is 38.6 Å². The van der Waals surface area contributed by atoms with Gasteiger partial charge in [0.2, 0.25) is 5.91 Å². The number of amides is 1. The Morgan fingerprint density at radius 2 is 2.24 bits per heavy atom. The quantitative estimate of drug-likeness (QED) is 0.847. The lowest BCUT2D eigenvalue weighted by Gasteiger charge is -2.26. The fraction of sp³-hybridized carbons (Fsp3) is 0.500. The van der Waals surface area contributed by atoms with Crippen molar-refractivity contribution in [2.75, 3.05) is 0 Å². The number of carboxylic acid groups (broad SMARTS) is 1. The minimum absolute atomic E-state index is 0.254. The van der Waals surface area contributed by atoms with Crippen LogP contribution in [0, 0.1) is 0 Å². The van der Waals surface area contributed by atoms with E-state index in [1.165, 1.54) is 18.3 Å². The number of rotatable bonds is 5. The van der Waals surface area contributed by atoms with E-state index in [1.807, 2.05) is 16.8 Å².